The molecule has 42 heavy (non-hydrogen) atoms. The van der Waals surface area contributed by atoms with Crippen molar-refractivity contribution in [1.29, 1.82) is 0 Å². The number of cyclic esters (lactones) is 1. The molecule has 4 aliphatic heterocycles. The Morgan fingerprint density at radius 1 is 0.952 bits per heavy atom. The van der Waals surface area contributed by atoms with Crippen LogP contribution in [0.15, 0.2) is 54.6 Å². The van der Waals surface area contributed by atoms with Crippen molar-refractivity contribution >= 4 is 17.8 Å². The summed E-state index contributed by atoms with van der Waals surface area (Å²) >= 11 is 0. The second-order valence-electron chi connectivity index (χ2n) is 12.6. The van der Waals surface area contributed by atoms with E-state index in [1.54, 1.807) is 4.90 Å². The maximum atomic E-state index is 14.8. The first-order valence-electron chi connectivity index (χ1n) is 16.0. The highest BCUT2D eigenvalue weighted by atomic mass is 16.6. The van der Waals surface area contributed by atoms with Crippen LogP contribution >= 0.6 is 0 Å². The van der Waals surface area contributed by atoms with Gasteiger partial charge in [0, 0.05) is 12.6 Å². The molecule has 1 unspecified atom stereocenters. The molecule has 8 heteroatoms. The molecule has 226 valence electrons. The van der Waals surface area contributed by atoms with E-state index in [-0.39, 0.29) is 24.5 Å². The highest BCUT2D eigenvalue weighted by Gasteiger charge is 2.76. The van der Waals surface area contributed by atoms with Crippen LogP contribution in [-0.2, 0) is 30.3 Å². The van der Waals surface area contributed by atoms with Crippen LogP contribution in [0.4, 0.5) is 0 Å². The predicted molar refractivity (Wildman–Crippen MR) is 157 cm³/mol. The number of carbonyl (C=O) groups is 3. The van der Waals surface area contributed by atoms with E-state index in [1.807, 2.05) is 60.4 Å². The summed E-state index contributed by atoms with van der Waals surface area (Å²) in [6.07, 6.45) is 16.4. The number of rotatable bonds is 6. The molecule has 6 rings (SSSR count). The summed E-state index contributed by atoms with van der Waals surface area (Å²) < 4.78 is 12.9. The Balaban J connectivity index is 1.48. The standard InChI is InChI=1S/C34H44N2O6/c1-2-33-18-11-3-4-12-21-41-32(40)28(33)27-30(38)36(26(23-37)22-24-14-7-5-8-15-24)29-31(39)35(25-16-9-6-10-17-25)20-13-19-34(27,29)42-33/h5,7-8,11,13-15,18-19,25-29,37H,2-4,6,9-10,12,16-17,20-23H2,1H3/b18-11-/t26-,27+,28+,29?,33-,34+/m1/s1. The van der Waals surface area contributed by atoms with Gasteiger partial charge in [0.1, 0.15) is 23.2 Å². The Morgan fingerprint density at radius 3 is 2.48 bits per heavy atom. The number of allylic oxidation sites excluding steroid dienone is 1. The number of esters is 1. The van der Waals surface area contributed by atoms with Crippen LogP contribution in [-0.4, -0.2) is 81.8 Å². The Hall–Kier alpha value is -2.97. The first-order chi connectivity index (χ1) is 20.5. The molecule has 5 aliphatic rings. The molecule has 1 aromatic rings. The number of amides is 2. The van der Waals surface area contributed by atoms with E-state index in [2.05, 4.69) is 6.08 Å². The number of ether oxygens (including phenoxy) is 2. The van der Waals surface area contributed by atoms with Gasteiger partial charge in [-0.2, -0.15) is 0 Å². The average Bonchev–Trinajstić information content (AvgIpc) is 3.38. The van der Waals surface area contributed by atoms with E-state index in [4.69, 9.17) is 9.47 Å². The normalized spacial score (nSPS) is 35.2. The molecule has 0 aromatic heterocycles. The van der Waals surface area contributed by atoms with Gasteiger partial charge in [0.2, 0.25) is 11.8 Å². The molecule has 2 saturated heterocycles. The number of fused-ring (bicyclic) bond motifs is 2. The van der Waals surface area contributed by atoms with E-state index in [0.29, 0.717) is 26.0 Å². The fourth-order valence-corrected chi connectivity index (χ4v) is 8.25. The van der Waals surface area contributed by atoms with E-state index in [9.17, 15) is 19.5 Å². The van der Waals surface area contributed by atoms with Gasteiger partial charge in [-0.05, 0) is 50.5 Å². The minimum Gasteiger partial charge on any atom is -0.465 e. The number of carbonyl (C=O) groups excluding carboxylic acids is 3. The van der Waals surface area contributed by atoms with Gasteiger partial charge in [0.15, 0.2) is 0 Å². The van der Waals surface area contributed by atoms with Crippen LogP contribution in [0.3, 0.4) is 0 Å². The zero-order chi connectivity index (χ0) is 29.3. The summed E-state index contributed by atoms with van der Waals surface area (Å²) in [5.74, 6) is -2.75. The predicted octanol–water partition coefficient (Wildman–Crippen LogP) is 3.97. The van der Waals surface area contributed by atoms with Crippen molar-refractivity contribution in [2.75, 3.05) is 19.8 Å². The number of benzene rings is 1. The molecule has 6 atom stereocenters. The fraction of sp³-hybridized carbons (Fsp3) is 0.618. The van der Waals surface area contributed by atoms with Crippen LogP contribution in [0, 0.1) is 11.8 Å². The lowest BCUT2D eigenvalue weighted by atomic mass is 9.73. The molecule has 4 heterocycles. The molecule has 0 bridgehead atoms. The lowest BCUT2D eigenvalue weighted by molar-refractivity contribution is -0.164. The van der Waals surface area contributed by atoms with E-state index < -0.39 is 41.1 Å². The van der Waals surface area contributed by atoms with Crippen molar-refractivity contribution in [1.82, 2.24) is 9.80 Å². The quantitative estimate of drug-likeness (QED) is 0.407. The van der Waals surface area contributed by atoms with Crippen LogP contribution in [0.2, 0.25) is 0 Å². The molecule has 1 aromatic carbocycles. The van der Waals surface area contributed by atoms with Gasteiger partial charge in [0.05, 0.1) is 25.2 Å². The second kappa shape index (κ2) is 12.0. The smallest absolute Gasteiger partial charge is 0.313 e. The highest BCUT2D eigenvalue weighted by molar-refractivity contribution is 5.99. The summed E-state index contributed by atoms with van der Waals surface area (Å²) in [6, 6.07) is 8.16. The second-order valence-corrected chi connectivity index (χ2v) is 12.6. The number of aliphatic hydroxyl groups excluding tert-OH is 1. The fourth-order valence-electron chi connectivity index (χ4n) is 8.25. The summed E-state index contributed by atoms with van der Waals surface area (Å²) in [7, 11) is 0. The zero-order valence-electron chi connectivity index (χ0n) is 24.7. The van der Waals surface area contributed by atoms with Gasteiger partial charge < -0.3 is 24.4 Å². The molecule has 0 radical (unpaired) electrons. The van der Waals surface area contributed by atoms with E-state index >= 15 is 0 Å². The minimum absolute atomic E-state index is 0.0934. The molecule has 1 spiro atoms. The van der Waals surface area contributed by atoms with Gasteiger partial charge in [-0.3, -0.25) is 14.4 Å². The Labute approximate surface area is 248 Å². The third kappa shape index (κ3) is 4.80. The summed E-state index contributed by atoms with van der Waals surface area (Å²) in [4.78, 5) is 47.0. The molecule has 2 amide bonds. The van der Waals surface area contributed by atoms with Crippen molar-refractivity contribution in [2.24, 2.45) is 11.8 Å². The van der Waals surface area contributed by atoms with Gasteiger partial charge in [0.25, 0.3) is 0 Å². The van der Waals surface area contributed by atoms with Crippen molar-refractivity contribution in [3.05, 3.63) is 60.2 Å². The number of hydrogen-bond donors (Lipinski definition) is 1. The Bertz CT molecular complexity index is 1230. The van der Waals surface area contributed by atoms with Crippen molar-refractivity contribution in [3.8, 4) is 0 Å². The van der Waals surface area contributed by atoms with Crippen LogP contribution in [0.1, 0.15) is 70.3 Å². The van der Waals surface area contributed by atoms with Crippen LogP contribution in [0.25, 0.3) is 0 Å². The first-order valence-corrected chi connectivity index (χ1v) is 16.0. The maximum absolute atomic E-state index is 14.8. The van der Waals surface area contributed by atoms with Crippen molar-refractivity contribution in [2.45, 2.75) is 100 Å². The molecule has 1 saturated carbocycles. The van der Waals surface area contributed by atoms with Gasteiger partial charge in [-0.25, -0.2) is 0 Å². The molecule has 3 fully saturated rings. The lowest BCUT2D eigenvalue weighted by Crippen LogP contribution is -2.60. The SMILES string of the molecule is CC[C@@]12/C=C\CCCCOC(=O)[C@@H]1[C@H]1C(=O)N([C@@H](CO)Cc3ccccc3)C3C(=O)N(C4CCCCC4)CC=C[C@@]31O2. The highest BCUT2D eigenvalue weighted by Crippen LogP contribution is 2.58. The average molecular weight is 577 g/mol. The van der Waals surface area contributed by atoms with Gasteiger partial charge >= 0.3 is 5.97 Å². The molecule has 1 aliphatic carbocycles. The first kappa shape index (κ1) is 29.1. The molecular formula is C34H44N2O6. The molecular weight excluding hydrogens is 532 g/mol. The van der Waals surface area contributed by atoms with Gasteiger partial charge in [-0.15, -0.1) is 0 Å². The summed E-state index contributed by atoms with van der Waals surface area (Å²) in [6.45, 7) is 2.38. The summed E-state index contributed by atoms with van der Waals surface area (Å²) in [5.41, 5.74) is -1.46. The van der Waals surface area contributed by atoms with Crippen LogP contribution in [0.5, 0.6) is 0 Å². The topological polar surface area (TPSA) is 96.4 Å². The maximum Gasteiger partial charge on any atom is 0.313 e. The van der Waals surface area contributed by atoms with Crippen LogP contribution < -0.4 is 0 Å². The van der Waals surface area contributed by atoms with Crippen molar-refractivity contribution in [3.63, 3.8) is 0 Å². The Kier molecular flexibility index (Phi) is 8.29. The molecule has 1 N–H and O–H groups in total. The van der Waals surface area contributed by atoms with E-state index in [0.717, 1.165) is 56.9 Å². The Morgan fingerprint density at radius 2 is 1.74 bits per heavy atom. The number of hydrogen-bond acceptors (Lipinski definition) is 6. The van der Waals surface area contributed by atoms with Gasteiger partial charge in [-0.1, -0.05) is 80.8 Å². The number of likely N-dealkylation sites (tertiary alicyclic amines) is 1. The summed E-state index contributed by atoms with van der Waals surface area (Å²) in [5, 5.41) is 10.7. The number of aliphatic hydroxyl groups is 1. The van der Waals surface area contributed by atoms with E-state index in [1.165, 1.54) is 0 Å². The monoisotopic (exact) mass is 576 g/mol. The number of nitrogens with zero attached hydrogens (tertiary/aromatic N) is 2. The lowest BCUT2D eigenvalue weighted by Gasteiger charge is -2.42. The van der Waals surface area contributed by atoms with Crippen molar-refractivity contribution < 1.29 is 29.0 Å². The minimum atomic E-state index is -1.35. The molecule has 8 nitrogen and oxygen atoms in total. The largest absolute Gasteiger partial charge is 0.465 e. The third-order valence-corrected chi connectivity index (χ3v) is 10.3. The zero-order valence-corrected chi connectivity index (χ0v) is 24.7. The third-order valence-electron chi connectivity index (χ3n) is 10.3.